The van der Waals surface area contributed by atoms with Gasteiger partial charge >= 0.3 is 12.4 Å². The largest absolute Gasteiger partial charge is 0.497 e. The van der Waals surface area contributed by atoms with Gasteiger partial charge in [-0.15, -0.1) is 0 Å². The third-order valence-electron chi connectivity index (χ3n) is 7.34. The summed E-state index contributed by atoms with van der Waals surface area (Å²) in [5.41, 5.74) is -2.98. The van der Waals surface area contributed by atoms with Crippen LogP contribution in [0, 0.1) is 5.92 Å². The molecule has 2 amide bonds. The predicted molar refractivity (Wildman–Crippen MR) is 131 cm³/mol. The highest BCUT2D eigenvalue weighted by Crippen LogP contribution is 2.37. The Morgan fingerprint density at radius 2 is 1.44 bits per heavy atom. The Kier molecular flexibility index (Phi) is 8.43. The molecule has 0 aromatic heterocycles. The lowest BCUT2D eigenvalue weighted by Crippen LogP contribution is -2.49. The summed E-state index contributed by atoms with van der Waals surface area (Å²) in [6.07, 6.45) is -7.64. The van der Waals surface area contributed by atoms with E-state index in [2.05, 4.69) is 10.2 Å². The molecule has 0 aliphatic carbocycles. The Labute approximate surface area is 221 Å². The van der Waals surface area contributed by atoms with Crippen molar-refractivity contribution in [2.24, 2.45) is 5.92 Å². The minimum atomic E-state index is -5.01. The van der Waals surface area contributed by atoms with Gasteiger partial charge in [0, 0.05) is 42.4 Å². The van der Waals surface area contributed by atoms with E-state index in [1.807, 2.05) is 0 Å². The van der Waals surface area contributed by atoms with Crippen molar-refractivity contribution in [3.63, 3.8) is 0 Å². The van der Waals surface area contributed by atoms with Crippen molar-refractivity contribution in [1.82, 2.24) is 9.80 Å². The van der Waals surface area contributed by atoms with Crippen molar-refractivity contribution in [1.29, 1.82) is 0 Å². The normalized spacial score (nSPS) is 18.2. The standard InChI is InChI=1S/C27H29F6N3O3/c1-39-23-4-2-3-21(16-23)34-24(37)17-5-9-35(10-6-17)22-7-11-36(12-8-22)25(38)18-13-19(26(28,29)30)15-20(14-18)27(31,32)33/h2-4,13-17,22H,5-12H2,1H3,(H,34,37). The number of carbonyl (C=O) groups excluding carboxylic acids is 2. The Bertz CT molecular complexity index is 1150. The number of carbonyl (C=O) groups is 2. The average Bonchev–Trinajstić information content (AvgIpc) is 2.91. The lowest BCUT2D eigenvalue weighted by Gasteiger charge is -2.41. The molecule has 0 saturated carbocycles. The maximum atomic E-state index is 13.2. The van der Waals surface area contributed by atoms with Gasteiger partial charge < -0.3 is 19.9 Å². The van der Waals surface area contributed by atoms with E-state index in [0.717, 1.165) is 0 Å². The molecule has 1 N–H and O–H groups in total. The van der Waals surface area contributed by atoms with Crippen LogP contribution in [0.25, 0.3) is 0 Å². The molecule has 2 fully saturated rings. The van der Waals surface area contributed by atoms with Gasteiger partial charge in [-0.3, -0.25) is 9.59 Å². The van der Waals surface area contributed by atoms with E-state index in [0.29, 0.717) is 62.3 Å². The fraction of sp³-hybridized carbons (Fsp3) is 0.481. The second-order valence-corrected chi connectivity index (χ2v) is 9.85. The first-order chi connectivity index (χ1) is 18.3. The second kappa shape index (κ2) is 11.4. The number of likely N-dealkylation sites (tertiary alicyclic amines) is 2. The van der Waals surface area contributed by atoms with Gasteiger partial charge in [-0.1, -0.05) is 6.07 Å². The van der Waals surface area contributed by atoms with Gasteiger partial charge in [0.2, 0.25) is 5.91 Å². The molecule has 2 aromatic rings. The lowest BCUT2D eigenvalue weighted by atomic mass is 9.92. The highest BCUT2D eigenvalue weighted by atomic mass is 19.4. The Hall–Kier alpha value is -3.28. The van der Waals surface area contributed by atoms with E-state index < -0.39 is 35.0 Å². The van der Waals surface area contributed by atoms with Gasteiger partial charge in [0.25, 0.3) is 5.91 Å². The van der Waals surface area contributed by atoms with Crippen LogP contribution in [0.4, 0.5) is 32.0 Å². The minimum Gasteiger partial charge on any atom is -0.497 e. The zero-order valence-corrected chi connectivity index (χ0v) is 21.2. The maximum Gasteiger partial charge on any atom is 0.416 e. The smallest absolute Gasteiger partial charge is 0.416 e. The molecule has 6 nitrogen and oxygen atoms in total. The maximum absolute atomic E-state index is 13.2. The van der Waals surface area contributed by atoms with Crippen LogP contribution in [-0.2, 0) is 17.1 Å². The van der Waals surface area contributed by atoms with E-state index in [1.165, 1.54) is 4.90 Å². The zero-order valence-electron chi connectivity index (χ0n) is 21.2. The van der Waals surface area contributed by atoms with E-state index in [4.69, 9.17) is 4.74 Å². The van der Waals surface area contributed by atoms with Gasteiger partial charge in [-0.2, -0.15) is 26.3 Å². The molecule has 4 rings (SSSR count). The molecule has 0 spiro atoms. The van der Waals surface area contributed by atoms with Crippen LogP contribution in [0.1, 0.15) is 47.2 Å². The number of hydrogen-bond donors (Lipinski definition) is 1. The summed E-state index contributed by atoms with van der Waals surface area (Å²) in [5.74, 6) is -0.431. The van der Waals surface area contributed by atoms with Crippen molar-refractivity contribution in [2.45, 2.75) is 44.1 Å². The van der Waals surface area contributed by atoms with Gasteiger partial charge in [0.1, 0.15) is 5.75 Å². The molecular formula is C27H29F6N3O3. The number of amides is 2. The van der Waals surface area contributed by atoms with Crippen LogP contribution in [0.2, 0.25) is 0 Å². The first kappa shape index (κ1) is 28.7. The molecule has 212 valence electrons. The van der Waals surface area contributed by atoms with Crippen molar-refractivity contribution >= 4 is 17.5 Å². The van der Waals surface area contributed by atoms with Crippen LogP contribution < -0.4 is 10.1 Å². The van der Waals surface area contributed by atoms with Crippen molar-refractivity contribution in [3.8, 4) is 5.75 Å². The van der Waals surface area contributed by atoms with Crippen LogP contribution in [0.3, 0.4) is 0 Å². The van der Waals surface area contributed by atoms with Crippen LogP contribution >= 0.6 is 0 Å². The summed E-state index contributed by atoms with van der Waals surface area (Å²) in [4.78, 5) is 29.1. The van der Waals surface area contributed by atoms with Gasteiger partial charge in [-0.25, -0.2) is 0 Å². The van der Waals surface area contributed by atoms with Crippen LogP contribution in [-0.4, -0.2) is 60.9 Å². The summed E-state index contributed by atoms with van der Waals surface area (Å²) in [6.45, 7) is 1.80. The summed E-state index contributed by atoms with van der Waals surface area (Å²) in [6, 6.07) is 8.19. The summed E-state index contributed by atoms with van der Waals surface area (Å²) in [5, 5.41) is 2.92. The van der Waals surface area contributed by atoms with E-state index in [1.54, 1.807) is 31.4 Å². The molecule has 2 saturated heterocycles. The number of halogens is 6. The van der Waals surface area contributed by atoms with Crippen LogP contribution in [0.5, 0.6) is 5.75 Å². The summed E-state index contributed by atoms with van der Waals surface area (Å²) in [7, 11) is 1.55. The zero-order chi connectivity index (χ0) is 28.4. The minimum absolute atomic E-state index is 0.0175. The van der Waals surface area contributed by atoms with E-state index in [9.17, 15) is 35.9 Å². The van der Waals surface area contributed by atoms with Gasteiger partial charge in [0.05, 0.1) is 18.2 Å². The molecule has 2 aromatic carbocycles. The molecule has 0 bridgehead atoms. The number of hydrogen-bond acceptors (Lipinski definition) is 4. The monoisotopic (exact) mass is 557 g/mol. The quantitative estimate of drug-likeness (QED) is 0.480. The molecule has 2 heterocycles. The first-order valence-electron chi connectivity index (χ1n) is 12.6. The molecule has 0 atom stereocenters. The fourth-order valence-corrected chi connectivity index (χ4v) is 5.17. The number of nitrogens with one attached hydrogen (secondary N) is 1. The molecule has 0 radical (unpaired) electrons. The Morgan fingerprint density at radius 3 is 1.97 bits per heavy atom. The number of benzene rings is 2. The first-order valence-corrected chi connectivity index (χ1v) is 12.6. The van der Waals surface area contributed by atoms with Crippen LogP contribution in [0.15, 0.2) is 42.5 Å². The van der Waals surface area contributed by atoms with E-state index >= 15 is 0 Å². The molecule has 39 heavy (non-hydrogen) atoms. The SMILES string of the molecule is COc1cccc(NC(=O)C2CCN(C3CCN(C(=O)c4cc(C(F)(F)F)cc(C(F)(F)F)c4)CC3)CC2)c1. The number of ether oxygens (including phenoxy) is 1. The highest BCUT2D eigenvalue weighted by molar-refractivity contribution is 5.95. The summed E-state index contributed by atoms with van der Waals surface area (Å²) < 4.78 is 84.3. The number of anilines is 1. The topological polar surface area (TPSA) is 61.9 Å². The molecular weight excluding hydrogens is 528 g/mol. The molecule has 2 aliphatic heterocycles. The average molecular weight is 558 g/mol. The van der Waals surface area contributed by atoms with E-state index in [-0.39, 0.29) is 37.0 Å². The number of rotatable bonds is 5. The Morgan fingerprint density at radius 1 is 0.846 bits per heavy atom. The third kappa shape index (κ3) is 7.03. The number of methoxy groups -OCH3 is 1. The number of alkyl halides is 6. The molecule has 12 heteroatoms. The highest BCUT2D eigenvalue weighted by Gasteiger charge is 2.38. The Balaban J connectivity index is 1.31. The van der Waals surface area contributed by atoms with Crippen molar-refractivity contribution in [2.75, 3.05) is 38.6 Å². The lowest BCUT2D eigenvalue weighted by molar-refractivity contribution is -0.143. The number of piperidine rings is 2. The molecule has 2 aliphatic rings. The number of nitrogens with zero attached hydrogens (tertiary/aromatic N) is 2. The fourth-order valence-electron chi connectivity index (χ4n) is 5.17. The summed E-state index contributed by atoms with van der Waals surface area (Å²) >= 11 is 0. The van der Waals surface area contributed by atoms with Gasteiger partial charge in [0.15, 0.2) is 0 Å². The van der Waals surface area contributed by atoms with Gasteiger partial charge in [-0.05, 0) is 69.1 Å². The third-order valence-corrected chi connectivity index (χ3v) is 7.34. The second-order valence-electron chi connectivity index (χ2n) is 9.85. The van der Waals surface area contributed by atoms with Crippen molar-refractivity contribution < 1.29 is 40.7 Å². The predicted octanol–water partition coefficient (Wildman–Crippen LogP) is 5.69. The van der Waals surface area contributed by atoms with Crippen molar-refractivity contribution in [3.05, 3.63) is 59.2 Å². The molecule has 0 unspecified atom stereocenters.